The minimum absolute atomic E-state index is 0.183. The Morgan fingerprint density at radius 1 is 1.16 bits per heavy atom. The van der Waals surface area contributed by atoms with Crippen molar-refractivity contribution in [2.75, 3.05) is 13.7 Å². The first-order chi connectivity index (χ1) is 15.4. The zero-order valence-corrected chi connectivity index (χ0v) is 20.6. The van der Waals surface area contributed by atoms with Crippen molar-refractivity contribution >= 4 is 23.8 Å². The van der Waals surface area contributed by atoms with E-state index in [2.05, 4.69) is 54.6 Å². The van der Waals surface area contributed by atoms with Crippen molar-refractivity contribution in [1.82, 2.24) is 19.2 Å². The zero-order chi connectivity index (χ0) is 22.7. The summed E-state index contributed by atoms with van der Waals surface area (Å²) < 4.78 is 10.6. The van der Waals surface area contributed by atoms with Crippen LogP contribution in [0.2, 0.25) is 5.02 Å². The average molecular weight is 471 g/mol. The van der Waals surface area contributed by atoms with Gasteiger partial charge in [0.2, 0.25) is 0 Å². The van der Waals surface area contributed by atoms with E-state index in [1.54, 1.807) is 0 Å². The highest BCUT2D eigenvalue weighted by Gasteiger charge is 2.21. The second-order valence-corrected chi connectivity index (χ2v) is 9.71. The summed E-state index contributed by atoms with van der Waals surface area (Å²) in [4.78, 5) is 2.23. The lowest BCUT2D eigenvalue weighted by Gasteiger charge is -2.17. The van der Waals surface area contributed by atoms with Crippen molar-refractivity contribution in [2.24, 2.45) is 0 Å². The molecule has 0 amide bonds. The molecule has 0 aliphatic carbocycles. The number of hydrogen-bond donors (Lipinski definition) is 0. The van der Waals surface area contributed by atoms with Gasteiger partial charge in [-0.25, -0.2) is 4.68 Å². The summed E-state index contributed by atoms with van der Waals surface area (Å²) in [5, 5.41) is 5.61. The van der Waals surface area contributed by atoms with Crippen LogP contribution in [0.15, 0.2) is 48.5 Å². The topological polar surface area (TPSA) is 35.2 Å². The van der Waals surface area contributed by atoms with E-state index in [0.29, 0.717) is 22.4 Å². The molecule has 0 saturated carbocycles. The molecule has 1 atom stereocenters. The number of halogens is 1. The highest BCUT2D eigenvalue weighted by Crippen LogP contribution is 2.24. The van der Waals surface area contributed by atoms with Crippen molar-refractivity contribution in [2.45, 2.75) is 58.5 Å². The second-order valence-electron chi connectivity index (χ2n) is 8.91. The van der Waals surface area contributed by atoms with E-state index in [0.717, 1.165) is 43.9 Å². The van der Waals surface area contributed by atoms with Crippen LogP contribution in [-0.2, 0) is 24.5 Å². The third-order valence-corrected chi connectivity index (χ3v) is 6.59. The molecule has 1 aliphatic heterocycles. The Labute approximate surface area is 200 Å². The van der Waals surface area contributed by atoms with Crippen LogP contribution in [0.5, 0.6) is 0 Å². The standard InChI is InChI=1S/C25H31ClN4OS/c1-18(2)20-8-6-19(7-9-20)15-28(3)17-30-25(32)29(16-23-5-4-14-31-23)24(27-30)21-10-12-22(26)13-11-21/h6-13,18,23H,4-5,14-17H2,1-3H3. The van der Waals surface area contributed by atoms with Crippen LogP contribution in [0.3, 0.4) is 0 Å². The van der Waals surface area contributed by atoms with E-state index < -0.39 is 0 Å². The van der Waals surface area contributed by atoms with Crippen LogP contribution in [0, 0.1) is 4.77 Å². The quantitative estimate of drug-likeness (QED) is 0.371. The molecule has 5 nitrogen and oxygen atoms in total. The average Bonchev–Trinajstić information content (AvgIpc) is 3.39. The molecule has 7 heteroatoms. The number of rotatable bonds is 8. The van der Waals surface area contributed by atoms with Gasteiger partial charge in [0.1, 0.15) is 0 Å². The van der Waals surface area contributed by atoms with Crippen molar-refractivity contribution in [1.29, 1.82) is 0 Å². The third kappa shape index (κ3) is 5.49. The minimum atomic E-state index is 0.183. The molecule has 0 N–H and O–H groups in total. The summed E-state index contributed by atoms with van der Waals surface area (Å²) in [5.74, 6) is 1.40. The lowest BCUT2D eigenvalue weighted by Crippen LogP contribution is -2.23. The van der Waals surface area contributed by atoms with E-state index in [-0.39, 0.29) is 6.10 Å². The van der Waals surface area contributed by atoms with Crippen molar-refractivity contribution in [3.8, 4) is 11.4 Å². The van der Waals surface area contributed by atoms with Gasteiger partial charge in [0.25, 0.3) is 0 Å². The van der Waals surface area contributed by atoms with Gasteiger partial charge in [0.15, 0.2) is 10.6 Å². The number of hydrogen-bond acceptors (Lipinski definition) is 4. The Bertz CT molecular complexity index is 1080. The fraction of sp³-hybridized carbons (Fsp3) is 0.440. The van der Waals surface area contributed by atoms with Crippen LogP contribution in [0.1, 0.15) is 43.7 Å². The minimum Gasteiger partial charge on any atom is -0.376 e. The summed E-state index contributed by atoms with van der Waals surface area (Å²) in [7, 11) is 2.10. The monoisotopic (exact) mass is 470 g/mol. The first-order valence-corrected chi connectivity index (χ1v) is 12.0. The van der Waals surface area contributed by atoms with Gasteiger partial charge in [-0.05, 0) is 73.4 Å². The molecule has 1 aromatic heterocycles. The van der Waals surface area contributed by atoms with Gasteiger partial charge in [0, 0.05) is 23.7 Å². The number of nitrogens with zero attached hydrogens (tertiary/aromatic N) is 4. The molecule has 1 saturated heterocycles. The Hall–Kier alpha value is -1.99. The van der Waals surface area contributed by atoms with E-state index in [4.69, 9.17) is 33.7 Å². The maximum atomic E-state index is 6.11. The molecule has 170 valence electrons. The van der Waals surface area contributed by atoms with Gasteiger partial charge in [-0.2, -0.15) is 5.10 Å². The Balaban J connectivity index is 1.56. The maximum absolute atomic E-state index is 6.11. The lowest BCUT2D eigenvalue weighted by molar-refractivity contribution is 0.0967. The van der Waals surface area contributed by atoms with Gasteiger partial charge in [-0.1, -0.05) is 49.7 Å². The van der Waals surface area contributed by atoms with Gasteiger partial charge in [0.05, 0.1) is 19.3 Å². The molecule has 1 unspecified atom stereocenters. The predicted molar refractivity (Wildman–Crippen MR) is 132 cm³/mol. The highest BCUT2D eigenvalue weighted by molar-refractivity contribution is 7.71. The van der Waals surface area contributed by atoms with E-state index in [9.17, 15) is 0 Å². The molecule has 4 rings (SSSR count). The van der Waals surface area contributed by atoms with Crippen LogP contribution in [0.4, 0.5) is 0 Å². The fourth-order valence-electron chi connectivity index (χ4n) is 4.10. The van der Waals surface area contributed by atoms with Crippen molar-refractivity contribution < 1.29 is 4.74 Å². The molecule has 32 heavy (non-hydrogen) atoms. The zero-order valence-electron chi connectivity index (χ0n) is 19.0. The normalized spacial score (nSPS) is 16.4. The molecule has 1 fully saturated rings. The molecule has 0 bridgehead atoms. The van der Waals surface area contributed by atoms with Crippen molar-refractivity contribution in [3.63, 3.8) is 0 Å². The van der Waals surface area contributed by atoms with Gasteiger partial charge in [-0.15, -0.1) is 0 Å². The SMILES string of the molecule is CC(C)c1ccc(CN(C)Cn2nc(-c3ccc(Cl)cc3)n(CC3CCCO3)c2=S)cc1. The molecule has 0 radical (unpaired) electrons. The summed E-state index contributed by atoms with van der Waals surface area (Å²) in [6.07, 6.45) is 2.34. The number of ether oxygens (including phenoxy) is 1. The molecule has 2 aromatic carbocycles. The smallest absolute Gasteiger partial charge is 0.199 e. The van der Waals surface area contributed by atoms with E-state index in [1.165, 1.54) is 11.1 Å². The Morgan fingerprint density at radius 3 is 2.50 bits per heavy atom. The highest BCUT2D eigenvalue weighted by atomic mass is 35.5. The summed E-state index contributed by atoms with van der Waals surface area (Å²) in [6, 6.07) is 16.6. The summed E-state index contributed by atoms with van der Waals surface area (Å²) in [6.45, 7) is 7.42. The predicted octanol–water partition coefficient (Wildman–Crippen LogP) is 6.13. The number of benzene rings is 2. The fourth-order valence-corrected chi connectivity index (χ4v) is 4.49. The van der Waals surface area contributed by atoms with Gasteiger partial charge in [-0.3, -0.25) is 9.47 Å². The van der Waals surface area contributed by atoms with Crippen LogP contribution >= 0.6 is 23.8 Å². The van der Waals surface area contributed by atoms with Crippen LogP contribution in [-0.4, -0.2) is 39.0 Å². The lowest BCUT2D eigenvalue weighted by atomic mass is 10.0. The largest absolute Gasteiger partial charge is 0.376 e. The van der Waals surface area contributed by atoms with E-state index >= 15 is 0 Å². The molecule has 0 spiro atoms. The van der Waals surface area contributed by atoms with E-state index in [1.807, 2.05) is 28.9 Å². The van der Waals surface area contributed by atoms with Crippen LogP contribution < -0.4 is 0 Å². The number of aromatic nitrogens is 3. The molecule has 3 aromatic rings. The van der Waals surface area contributed by atoms with Crippen LogP contribution in [0.25, 0.3) is 11.4 Å². The molecule has 2 heterocycles. The first kappa shape index (κ1) is 23.2. The Kier molecular flexibility index (Phi) is 7.46. The van der Waals surface area contributed by atoms with Gasteiger partial charge < -0.3 is 4.74 Å². The summed E-state index contributed by atoms with van der Waals surface area (Å²) >= 11 is 12.0. The molecular weight excluding hydrogens is 440 g/mol. The van der Waals surface area contributed by atoms with Crippen molar-refractivity contribution in [3.05, 3.63) is 69.5 Å². The molecule has 1 aliphatic rings. The van der Waals surface area contributed by atoms with Gasteiger partial charge >= 0.3 is 0 Å². The maximum Gasteiger partial charge on any atom is 0.199 e. The second kappa shape index (κ2) is 10.3. The first-order valence-electron chi connectivity index (χ1n) is 11.2. The third-order valence-electron chi connectivity index (χ3n) is 5.91. The molecular formula is C25H31ClN4OS. The summed E-state index contributed by atoms with van der Waals surface area (Å²) in [5.41, 5.74) is 3.64. The Morgan fingerprint density at radius 2 is 1.88 bits per heavy atom.